The first-order chi connectivity index (χ1) is 20.9. The Balaban J connectivity index is 0.00000288. The summed E-state index contributed by atoms with van der Waals surface area (Å²) in [6.45, 7) is -0.416. The number of phosphoric ester groups is 1. The standard InChI is InChI=1S/C29H30F2N5O7P.2Na/c1-33-18-27(37)35-25(13-19-7-11-23(12-8-19)43-44(40,41)42)28(38)34(16-21-9-10-22(30)14-24(21)31)17-26(35)36(33)29(39)32-15-20-5-3-2-4-6-20;;/h2-12,14,25-26H,13,15-18H2,1H3,(H,32,39)(H2,40,41,42);;/q;2*+1/p-2/t25-,26-;;/m0../s1. The van der Waals surface area contributed by atoms with Crippen LogP contribution in [0, 0.1) is 11.6 Å². The van der Waals surface area contributed by atoms with Crippen molar-refractivity contribution in [2.24, 2.45) is 0 Å². The second-order valence-corrected chi connectivity index (χ2v) is 11.5. The Bertz CT molecular complexity index is 1600. The fourth-order valence-electron chi connectivity index (χ4n) is 5.40. The molecule has 2 saturated heterocycles. The average molecular weight is 674 g/mol. The second-order valence-electron chi connectivity index (χ2n) is 10.4. The van der Waals surface area contributed by atoms with Gasteiger partial charge in [-0.15, -0.1) is 0 Å². The minimum atomic E-state index is -5.29. The molecule has 3 aromatic rings. The Morgan fingerprint density at radius 2 is 1.67 bits per heavy atom. The van der Waals surface area contributed by atoms with Crippen molar-refractivity contribution in [3.05, 3.63) is 101 Å². The molecule has 2 heterocycles. The van der Waals surface area contributed by atoms with Crippen molar-refractivity contribution in [1.29, 1.82) is 0 Å². The van der Waals surface area contributed by atoms with Crippen LogP contribution in [0.2, 0.25) is 0 Å². The van der Waals surface area contributed by atoms with Crippen molar-refractivity contribution in [1.82, 2.24) is 25.1 Å². The molecule has 2 fully saturated rings. The van der Waals surface area contributed by atoms with Crippen molar-refractivity contribution in [3.63, 3.8) is 0 Å². The summed E-state index contributed by atoms with van der Waals surface area (Å²) in [6.07, 6.45) is -1.03. The van der Waals surface area contributed by atoms with Crippen LogP contribution in [0.1, 0.15) is 16.7 Å². The number of nitrogens with one attached hydrogen (secondary N) is 1. The molecule has 2 aliphatic rings. The molecule has 17 heteroatoms. The summed E-state index contributed by atoms with van der Waals surface area (Å²) in [5, 5.41) is 5.63. The van der Waals surface area contributed by atoms with E-state index in [1.54, 1.807) is 7.05 Å². The van der Waals surface area contributed by atoms with Crippen LogP contribution in [0.4, 0.5) is 13.6 Å². The van der Waals surface area contributed by atoms with Crippen molar-refractivity contribution in [2.75, 3.05) is 20.1 Å². The van der Waals surface area contributed by atoms with E-state index in [1.165, 1.54) is 50.1 Å². The third kappa shape index (κ3) is 9.16. The zero-order valence-corrected chi connectivity index (χ0v) is 30.4. The summed E-state index contributed by atoms with van der Waals surface area (Å²) in [6, 6.07) is 15.9. The molecule has 12 nitrogen and oxygen atoms in total. The molecule has 0 unspecified atom stereocenters. The summed E-state index contributed by atoms with van der Waals surface area (Å²) in [4.78, 5) is 65.5. The topological polar surface area (TPSA) is 149 Å². The number of hydrogen-bond donors (Lipinski definition) is 1. The number of carbonyl (C=O) groups is 3. The van der Waals surface area contributed by atoms with Gasteiger partial charge < -0.3 is 34.0 Å². The second kappa shape index (κ2) is 16.2. The van der Waals surface area contributed by atoms with Crippen LogP contribution in [0.5, 0.6) is 5.75 Å². The van der Waals surface area contributed by atoms with Crippen LogP contribution in [-0.2, 0) is 33.7 Å². The van der Waals surface area contributed by atoms with E-state index in [9.17, 15) is 37.5 Å². The molecule has 232 valence electrons. The van der Waals surface area contributed by atoms with Crippen molar-refractivity contribution >= 4 is 25.7 Å². The molecule has 3 aromatic carbocycles. The van der Waals surface area contributed by atoms with Gasteiger partial charge in [0.2, 0.25) is 11.8 Å². The Kier molecular flexibility index (Phi) is 13.4. The zero-order valence-electron chi connectivity index (χ0n) is 25.5. The minimum absolute atomic E-state index is 0. The average Bonchev–Trinajstić information content (AvgIpc) is 2.96. The van der Waals surface area contributed by atoms with E-state index in [-0.39, 0.29) is 103 Å². The molecule has 0 aliphatic carbocycles. The molecule has 1 N–H and O–H groups in total. The molecular formula is C29H28F2N5Na2O7P. The van der Waals surface area contributed by atoms with Gasteiger partial charge >= 0.3 is 65.1 Å². The first-order valence-electron chi connectivity index (χ1n) is 13.6. The van der Waals surface area contributed by atoms with Gasteiger partial charge in [0, 0.05) is 38.2 Å². The van der Waals surface area contributed by atoms with E-state index in [0.717, 1.165) is 11.6 Å². The largest absolute Gasteiger partial charge is 1.00 e. The summed E-state index contributed by atoms with van der Waals surface area (Å²) in [5.74, 6) is -2.81. The molecule has 2 aliphatic heterocycles. The normalized spacial score (nSPS) is 18.3. The minimum Gasteiger partial charge on any atom is -0.780 e. The number of fused-ring (bicyclic) bond motifs is 1. The van der Waals surface area contributed by atoms with Crippen LogP contribution in [0.25, 0.3) is 0 Å². The van der Waals surface area contributed by atoms with Crippen molar-refractivity contribution < 1.29 is 101 Å². The fourth-order valence-corrected chi connectivity index (χ4v) is 5.78. The number of likely N-dealkylation sites (N-methyl/N-ethyl adjacent to an activating group) is 1. The number of benzene rings is 3. The molecule has 5 rings (SSSR count). The molecule has 0 radical (unpaired) electrons. The van der Waals surface area contributed by atoms with E-state index in [0.29, 0.717) is 11.6 Å². The van der Waals surface area contributed by atoms with Gasteiger partial charge in [-0.2, -0.15) is 0 Å². The molecule has 2 atom stereocenters. The molecule has 46 heavy (non-hydrogen) atoms. The van der Waals surface area contributed by atoms with E-state index in [1.807, 2.05) is 30.3 Å². The number of phosphoric acid groups is 1. The Morgan fingerprint density at radius 1 is 1.00 bits per heavy atom. The van der Waals surface area contributed by atoms with Crippen molar-refractivity contribution in [3.8, 4) is 5.75 Å². The smallest absolute Gasteiger partial charge is 0.780 e. The molecular weight excluding hydrogens is 645 g/mol. The summed E-state index contributed by atoms with van der Waals surface area (Å²) in [7, 11) is -3.72. The van der Waals surface area contributed by atoms with Gasteiger partial charge in [-0.3, -0.25) is 9.59 Å². The molecule has 0 saturated carbocycles. The molecule has 0 bridgehead atoms. The van der Waals surface area contributed by atoms with Gasteiger partial charge in [-0.05, 0) is 29.3 Å². The van der Waals surface area contributed by atoms with Gasteiger partial charge in [-0.1, -0.05) is 48.5 Å². The van der Waals surface area contributed by atoms with Crippen LogP contribution in [0.3, 0.4) is 0 Å². The summed E-state index contributed by atoms with van der Waals surface area (Å²) in [5.41, 5.74) is 1.38. The molecule has 0 spiro atoms. The number of piperazine rings is 1. The third-order valence-electron chi connectivity index (χ3n) is 7.38. The fraction of sp³-hybridized carbons (Fsp3) is 0.276. The van der Waals surface area contributed by atoms with E-state index in [4.69, 9.17) is 0 Å². The third-order valence-corrected chi connectivity index (χ3v) is 7.81. The number of amides is 4. The van der Waals surface area contributed by atoms with Gasteiger partial charge in [-0.25, -0.2) is 23.6 Å². The van der Waals surface area contributed by atoms with Gasteiger partial charge in [0.1, 0.15) is 37.4 Å². The predicted octanol–water partition coefficient (Wildman–Crippen LogP) is -4.64. The van der Waals surface area contributed by atoms with Crippen LogP contribution in [-0.4, -0.2) is 70.0 Å². The van der Waals surface area contributed by atoms with Crippen molar-refractivity contribution in [2.45, 2.75) is 31.7 Å². The maximum Gasteiger partial charge on any atom is 1.00 e. The van der Waals surface area contributed by atoms with E-state index in [2.05, 4.69) is 9.84 Å². The van der Waals surface area contributed by atoms with Gasteiger partial charge in [0.15, 0.2) is 0 Å². The maximum atomic E-state index is 14.7. The van der Waals surface area contributed by atoms with E-state index < -0.39 is 49.5 Å². The summed E-state index contributed by atoms with van der Waals surface area (Å²) >= 11 is 0. The van der Waals surface area contributed by atoms with Gasteiger partial charge in [0.25, 0.3) is 0 Å². The van der Waals surface area contributed by atoms with Crippen LogP contribution < -0.4 is 78.7 Å². The first kappa shape index (κ1) is 38.1. The number of carbonyl (C=O) groups excluding carboxylic acids is 3. The quantitative estimate of drug-likeness (QED) is 0.186. The van der Waals surface area contributed by atoms with Crippen LogP contribution >= 0.6 is 7.82 Å². The first-order valence-corrected chi connectivity index (χ1v) is 15.0. The Labute approximate surface area is 308 Å². The van der Waals surface area contributed by atoms with E-state index >= 15 is 0 Å². The number of halogens is 2. The number of hydrazine groups is 1. The monoisotopic (exact) mass is 673 g/mol. The predicted molar refractivity (Wildman–Crippen MR) is 148 cm³/mol. The molecule has 4 amide bonds. The van der Waals surface area contributed by atoms with Gasteiger partial charge in [0.05, 0.1) is 13.1 Å². The number of hydrogen-bond acceptors (Lipinski definition) is 8. The number of urea groups is 1. The Hall–Kier alpha value is -2.36. The van der Waals surface area contributed by atoms with Crippen LogP contribution in [0.15, 0.2) is 72.8 Å². The molecule has 0 aromatic heterocycles. The maximum absolute atomic E-state index is 14.7. The summed E-state index contributed by atoms with van der Waals surface area (Å²) < 4.78 is 43.6. The SMILES string of the molecule is CN1CC(=O)N2[C@@H](Cc3ccc(OP(=O)([O-])[O-])cc3)C(=O)N(Cc3ccc(F)cc3F)C[C@@H]2N1C(=O)NCc1ccccc1.[Na+].[Na+]. The number of nitrogens with zero attached hydrogens (tertiary/aromatic N) is 4. The zero-order chi connectivity index (χ0) is 31.6. The number of rotatable bonds is 8. The Morgan fingerprint density at radius 3 is 2.30 bits per heavy atom.